The summed E-state index contributed by atoms with van der Waals surface area (Å²) in [6.45, 7) is 1.63. The molecule has 0 bridgehead atoms. The molecule has 0 aromatic heterocycles. The summed E-state index contributed by atoms with van der Waals surface area (Å²) in [5.41, 5.74) is 1.15. The number of likely N-dealkylation sites (tertiary alicyclic amines) is 1. The number of rotatable bonds is 6. The van der Waals surface area contributed by atoms with Crippen LogP contribution in [0.15, 0.2) is 47.4 Å². The Kier molecular flexibility index (Phi) is 7.08. The molecular weight excluding hydrogens is 458 g/mol. The second-order valence-electron chi connectivity index (χ2n) is 8.50. The third-order valence-corrected chi connectivity index (χ3v) is 7.82. The minimum atomic E-state index is -3.67. The summed E-state index contributed by atoms with van der Waals surface area (Å²) in [4.78, 5) is 27.4. The standard InChI is InChI=1S/C24H29N3O6S/c1-26(2)34(30,31)19-7-3-6-18(14-19)24(29)25-16-23(28)27-11-4-8-20(27)17-9-10-21-22(15-17)33-13-5-12-32-21/h3,6-7,9-10,14-15,20H,4-5,8,11-13,16H2,1-2H3,(H,25,29)/t20-/m1/s1. The molecule has 10 heteroatoms. The minimum absolute atomic E-state index is 0.0190. The van der Waals surface area contributed by atoms with E-state index in [1.54, 1.807) is 4.90 Å². The van der Waals surface area contributed by atoms with Gasteiger partial charge >= 0.3 is 0 Å². The van der Waals surface area contributed by atoms with Crippen molar-refractivity contribution in [3.8, 4) is 11.5 Å². The molecule has 0 unspecified atom stereocenters. The fourth-order valence-corrected chi connectivity index (χ4v) is 5.12. The van der Waals surface area contributed by atoms with Crippen molar-refractivity contribution >= 4 is 21.8 Å². The van der Waals surface area contributed by atoms with Gasteiger partial charge in [-0.2, -0.15) is 0 Å². The second-order valence-corrected chi connectivity index (χ2v) is 10.7. The first-order valence-corrected chi connectivity index (χ1v) is 12.7. The van der Waals surface area contributed by atoms with Gasteiger partial charge < -0.3 is 19.7 Å². The van der Waals surface area contributed by atoms with Crippen LogP contribution in [0.4, 0.5) is 0 Å². The summed E-state index contributed by atoms with van der Waals surface area (Å²) >= 11 is 0. The molecule has 1 atom stereocenters. The number of hydrogen-bond donors (Lipinski definition) is 1. The first kappa shape index (κ1) is 24.0. The molecule has 4 rings (SSSR count). The number of carbonyl (C=O) groups excluding carboxylic acids is 2. The molecule has 2 aromatic rings. The van der Waals surface area contributed by atoms with Gasteiger partial charge in [-0.1, -0.05) is 12.1 Å². The number of sulfonamides is 1. The summed E-state index contributed by atoms with van der Waals surface area (Å²) in [5, 5.41) is 2.63. The van der Waals surface area contributed by atoms with E-state index in [1.807, 2.05) is 18.2 Å². The lowest BCUT2D eigenvalue weighted by molar-refractivity contribution is -0.131. The largest absolute Gasteiger partial charge is 0.490 e. The van der Waals surface area contributed by atoms with Crippen molar-refractivity contribution in [2.75, 3.05) is 40.4 Å². The van der Waals surface area contributed by atoms with E-state index in [2.05, 4.69) is 5.32 Å². The molecule has 9 nitrogen and oxygen atoms in total. The molecule has 182 valence electrons. The third-order valence-electron chi connectivity index (χ3n) is 6.00. The zero-order valence-corrected chi connectivity index (χ0v) is 20.1. The molecule has 0 saturated carbocycles. The Morgan fingerprint density at radius 3 is 2.59 bits per heavy atom. The minimum Gasteiger partial charge on any atom is -0.490 e. The highest BCUT2D eigenvalue weighted by Gasteiger charge is 2.31. The molecule has 2 amide bonds. The van der Waals surface area contributed by atoms with Crippen molar-refractivity contribution in [1.29, 1.82) is 0 Å². The Labute approximate surface area is 199 Å². The fourth-order valence-electron chi connectivity index (χ4n) is 4.17. The topological polar surface area (TPSA) is 105 Å². The second kappa shape index (κ2) is 10.0. The average Bonchev–Trinajstić information content (AvgIpc) is 3.21. The quantitative estimate of drug-likeness (QED) is 0.670. The maximum absolute atomic E-state index is 13.0. The molecule has 0 spiro atoms. The van der Waals surface area contributed by atoms with Crippen LogP contribution in [-0.4, -0.2) is 69.8 Å². The van der Waals surface area contributed by atoms with Crippen molar-refractivity contribution in [2.24, 2.45) is 0 Å². The van der Waals surface area contributed by atoms with E-state index in [0.29, 0.717) is 31.3 Å². The third kappa shape index (κ3) is 5.02. The van der Waals surface area contributed by atoms with E-state index >= 15 is 0 Å². The van der Waals surface area contributed by atoms with Crippen LogP contribution in [0.5, 0.6) is 11.5 Å². The van der Waals surface area contributed by atoms with E-state index in [1.165, 1.54) is 38.4 Å². The lowest BCUT2D eigenvalue weighted by atomic mass is 10.0. The lowest BCUT2D eigenvalue weighted by Crippen LogP contribution is -2.39. The Morgan fingerprint density at radius 1 is 1.06 bits per heavy atom. The average molecular weight is 488 g/mol. The Hall–Kier alpha value is -3.11. The van der Waals surface area contributed by atoms with Crippen LogP contribution in [0.1, 0.15) is 41.2 Å². The fraction of sp³-hybridized carbons (Fsp3) is 0.417. The molecule has 1 fully saturated rings. The number of nitrogens with one attached hydrogen (secondary N) is 1. The number of benzene rings is 2. The Balaban J connectivity index is 1.42. The number of ether oxygens (including phenoxy) is 2. The van der Waals surface area contributed by atoms with Gasteiger partial charge in [0.2, 0.25) is 15.9 Å². The van der Waals surface area contributed by atoms with Crippen LogP contribution >= 0.6 is 0 Å². The normalized spacial score (nSPS) is 18.0. The monoisotopic (exact) mass is 487 g/mol. The van der Waals surface area contributed by atoms with Gasteiger partial charge in [-0.25, -0.2) is 12.7 Å². The van der Waals surface area contributed by atoms with Gasteiger partial charge in [-0.15, -0.1) is 0 Å². The van der Waals surface area contributed by atoms with Gasteiger partial charge in [0.15, 0.2) is 11.5 Å². The highest BCUT2D eigenvalue weighted by atomic mass is 32.2. The number of nitrogens with zero attached hydrogens (tertiary/aromatic N) is 2. The number of hydrogen-bond acceptors (Lipinski definition) is 6. The SMILES string of the molecule is CN(C)S(=O)(=O)c1cccc(C(=O)NCC(=O)N2CCC[C@@H]2c2ccc3c(c2)OCCCO3)c1. The van der Waals surface area contributed by atoms with Crippen LogP contribution in [0.3, 0.4) is 0 Å². The van der Waals surface area contributed by atoms with E-state index in [9.17, 15) is 18.0 Å². The maximum atomic E-state index is 13.0. The van der Waals surface area contributed by atoms with Crippen LogP contribution in [0.2, 0.25) is 0 Å². The molecule has 2 heterocycles. The molecule has 2 aliphatic rings. The van der Waals surface area contributed by atoms with Crippen LogP contribution in [0, 0.1) is 0 Å². The number of amides is 2. The molecule has 0 radical (unpaired) electrons. The molecular formula is C24H29N3O6S. The zero-order valence-electron chi connectivity index (χ0n) is 19.3. The molecule has 1 saturated heterocycles. The smallest absolute Gasteiger partial charge is 0.251 e. The van der Waals surface area contributed by atoms with Gasteiger partial charge in [0.1, 0.15) is 0 Å². The Morgan fingerprint density at radius 2 is 1.82 bits per heavy atom. The van der Waals surface area contributed by atoms with E-state index in [4.69, 9.17) is 9.47 Å². The summed E-state index contributed by atoms with van der Waals surface area (Å²) in [6, 6.07) is 11.4. The van der Waals surface area contributed by atoms with E-state index in [0.717, 1.165) is 29.1 Å². The predicted molar refractivity (Wildman–Crippen MR) is 125 cm³/mol. The van der Waals surface area contributed by atoms with Crippen LogP contribution in [0.25, 0.3) is 0 Å². The van der Waals surface area contributed by atoms with Gasteiger partial charge in [0, 0.05) is 32.6 Å². The van der Waals surface area contributed by atoms with Gasteiger partial charge in [-0.05, 0) is 48.7 Å². The summed E-state index contributed by atoms with van der Waals surface area (Å²) in [5.74, 6) is 0.702. The Bertz CT molecular complexity index is 1180. The first-order chi connectivity index (χ1) is 16.3. The van der Waals surface area contributed by atoms with Gasteiger partial charge in [-0.3, -0.25) is 9.59 Å². The van der Waals surface area contributed by atoms with Crippen molar-refractivity contribution in [1.82, 2.24) is 14.5 Å². The lowest BCUT2D eigenvalue weighted by Gasteiger charge is -2.26. The molecule has 1 N–H and O–H groups in total. The zero-order chi connectivity index (χ0) is 24.3. The molecule has 34 heavy (non-hydrogen) atoms. The summed E-state index contributed by atoms with van der Waals surface area (Å²) in [7, 11) is -0.811. The molecule has 2 aromatic carbocycles. The van der Waals surface area contributed by atoms with Crippen LogP contribution in [-0.2, 0) is 14.8 Å². The highest BCUT2D eigenvalue weighted by molar-refractivity contribution is 7.89. The maximum Gasteiger partial charge on any atom is 0.251 e. The first-order valence-electron chi connectivity index (χ1n) is 11.3. The summed E-state index contributed by atoms with van der Waals surface area (Å²) < 4.78 is 37.3. The van der Waals surface area contributed by atoms with Crippen molar-refractivity contribution in [3.05, 3.63) is 53.6 Å². The molecule has 0 aliphatic carbocycles. The van der Waals surface area contributed by atoms with Crippen molar-refractivity contribution in [2.45, 2.75) is 30.2 Å². The highest BCUT2D eigenvalue weighted by Crippen LogP contribution is 2.37. The van der Waals surface area contributed by atoms with Crippen molar-refractivity contribution < 1.29 is 27.5 Å². The van der Waals surface area contributed by atoms with Crippen LogP contribution < -0.4 is 14.8 Å². The van der Waals surface area contributed by atoms with Gasteiger partial charge in [0.05, 0.1) is 30.7 Å². The molecule has 2 aliphatic heterocycles. The number of fused-ring (bicyclic) bond motifs is 1. The predicted octanol–water partition coefficient (Wildman–Crippen LogP) is 2.19. The van der Waals surface area contributed by atoms with Gasteiger partial charge in [0.25, 0.3) is 5.91 Å². The van der Waals surface area contributed by atoms with E-state index in [-0.39, 0.29) is 29.0 Å². The summed E-state index contributed by atoms with van der Waals surface area (Å²) in [6.07, 6.45) is 2.51. The van der Waals surface area contributed by atoms with E-state index < -0.39 is 15.9 Å². The number of carbonyl (C=O) groups is 2. The van der Waals surface area contributed by atoms with Crippen molar-refractivity contribution in [3.63, 3.8) is 0 Å².